The zero-order valence-electron chi connectivity index (χ0n) is 5.21. The van der Waals surface area contributed by atoms with Crippen molar-refractivity contribution in [2.24, 2.45) is 0 Å². The van der Waals surface area contributed by atoms with Crippen LogP contribution in [0.15, 0.2) is 0 Å². The molecule has 0 aromatic heterocycles. The molecule has 0 heterocycles. The van der Waals surface area contributed by atoms with E-state index in [0.717, 1.165) is 0 Å². The highest BCUT2D eigenvalue weighted by molar-refractivity contribution is 7.59. The summed E-state index contributed by atoms with van der Waals surface area (Å²) in [7, 11) is 0. The highest BCUT2D eigenvalue weighted by Crippen LogP contribution is 1.15. The van der Waals surface area contributed by atoms with Gasteiger partial charge in [0.15, 0.2) is 0 Å². The van der Waals surface area contributed by atoms with Crippen LogP contribution < -0.4 is 0 Å². The van der Waals surface area contributed by atoms with E-state index in [1.54, 1.807) is 0 Å². The second-order valence-electron chi connectivity index (χ2n) is 0. The highest BCUT2D eigenvalue weighted by Gasteiger charge is 0.934. The summed E-state index contributed by atoms with van der Waals surface area (Å²) in [6.07, 6.45) is 0. The van der Waals surface area contributed by atoms with Gasteiger partial charge in [0.25, 0.3) is 0 Å². The molecule has 0 rings (SSSR count). The Hall–Kier alpha value is 0.780. The van der Waals surface area contributed by atoms with Crippen LogP contribution >= 0.6 is 23.4 Å². The first-order valence-electron chi connectivity index (χ1n) is 2.00. The Morgan fingerprint density at radius 1 is 0.833 bits per heavy atom. The Morgan fingerprint density at radius 3 is 0.833 bits per heavy atom. The summed E-state index contributed by atoms with van der Waals surface area (Å²) in [5.41, 5.74) is 0. The van der Waals surface area contributed by atoms with E-state index in [1.165, 1.54) is 0 Å². The monoisotopic (exact) mass is 132 g/mol. The van der Waals surface area contributed by atoms with Crippen molar-refractivity contribution >= 4 is 23.4 Å². The summed E-state index contributed by atoms with van der Waals surface area (Å²) in [6.45, 7) is 8.00. The largest absolute Gasteiger partial charge is 0.197 e. The van der Waals surface area contributed by atoms with E-state index < -0.39 is 0 Å². The van der Waals surface area contributed by atoms with E-state index in [1.807, 2.05) is 27.7 Å². The molecule has 0 saturated heterocycles. The van der Waals surface area contributed by atoms with E-state index >= 15 is 0 Å². The Kier molecular flexibility index (Phi) is 1060. The van der Waals surface area contributed by atoms with Gasteiger partial charge >= 0.3 is 0 Å². The molecular formula is C4H19PS. The van der Waals surface area contributed by atoms with E-state index in [9.17, 15) is 0 Å². The Bertz CT molecular complexity index is 11.7. The lowest BCUT2D eigenvalue weighted by molar-refractivity contribution is 1.50. The number of hydrogen-bond donors (Lipinski definition) is 0. The fraction of sp³-hybridized carbons (Fsp3) is 1.00. The molecule has 0 nitrogen and oxygen atoms in total. The molecule has 0 bridgehead atoms. The van der Waals surface area contributed by atoms with Crippen molar-refractivity contribution in [1.82, 2.24) is 0 Å². The molecular weight excluding hydrogens is 111 g/mol. The van der Waals surface area contributed by atoms with E-state index in [4.69, 9.17) is 0 Å². The number of rotatable bonds is 0. The molecule has 0 aromatic carbocycles. The van der Waals surface area contributed by atoms with Gasteiger partial charge in [-0.15, -0.1) is 0 Å². The van der Waals surface area contributed by atoms with Gasteiger partial charge in [-0.3, -0.25) is 0 Å². The van der Waals surface area contributed by atoms with Gasteiger partial charge in [-0.05, 0) is 0 Å². The minimum atomic E-state index is 0. The van der Waals surface area contributed by atoms with E-state index in [2.05, 4.69) is 0 Å². The van der Waals surface area contributed by atoms with Crippen LogP contribution in [0.1, 0.15) is 29.1 Å². The molecule has 1 unspecified atom stereocenters. The van der Waals surface area contributed by atoms with Gasteiger partial charge in [-0.1, -0.05) is 27.7 Å². The van der Waals surface area contributed by atoms with Gasteiger partial charge in [0.05, 0.1) is 0 Å². The number of hydrogen-bond acceptors (Lipinski definition) is 0. The minimum absolute atomic E-state index is 0. The average molecular weight is 132 g/mol. The van der Waals surface area contributed by atoms with Crippen molar-refractivity contribution in [3.63, 3.8) is 0 Å². The van der Waals surface area contributed by atoms with Crippen LogP contribution in [0.3, 0.4) is 0 Å². The van der Waals surface area contributed by atoms with Gasteiger partial charge in [0.2, 0.25) is 0 Å². The fourth-order valence-electron chi connectivity index (χ4n) is 0. The third kappa shape index (κ3) is 112. The molecule has 0 aliphatic rings. The van der Waals surface area contributed by atoms with Crippen LogP contribution in [-0.2, 0) is 0 Å². The maximum absolute atomic E-state index is 2.00. The smallest absolute Gasteiger partial charge is 0 e. The molecule has 0 amide bonds. The van der Waals surface area contributed by atoms with Crippen molar-refractivity contribution in [2.45, 2.75) is 27.7 Å². The van der Waals surface area contributed by atoms with Gasteiger partial charge in [0.1, 0.15) is 0 Å². The quantitative estimate of drug-likeness (QED) is 0.444. The van der Waals surface area contributed by atoms with Crippen LogP contribution in [0.2, 0.25) is 0 Å². The SMILES string of the molecule is CC.CC.P.S.[3HH]. The molecule has 0 aromatic rings. The molecule has 0 N–H and O–H groups in total. The second-order valence-corrected chi connectivity index (χ2v) is 0. The Labute approximate surface area is 53.3 Å². The van der Waals surface area contributed by atoms with Crippen molar-refractivity contribution in [2.75, 3.05) is 0 Å². The van der Waals surface area contributed by atoms with Gasteiger partial charge in [-0.2, -0.15) is 23.4 Å². The normalized spacial score (nSPS) is 2.00. The summed E-state index contributed by atoms with van der Waals surface area (Å²) in [5, 5.41) is 0. The predicted octanol–water partition coefficient (Wildman–Crippen LogP) is 2.47. The zero-order chi connectivity index (χ0) is 4.00. The van der Waals surface area contributed by atoms with Crippen molar-refractivity contribution in [3.05, 3.63) is 0 Å². The van der Waals surface area contributed by atoms with Crippen LogP contribution in [-0.4, -0.2) is 0 Å². The molecule has 0 saturated carbocycles. The molecule has 2 heteroatoms. The summed E-state index contributed by atoms with van der Waals surface area (Å²) in [4.78, 5) is 0. The van der Waals surface area contributed by atoms with Crippen LogP contribution in [0, 0.1) is 0 Å². The summed E-state index contributed by atoms with van der Waals surface area (Å²) >= 11 is 0. The molecule has 46 valence electrons. The maximum atomic E-state index is 2.00. The summed E-state index contributed by atoms with van der Waals surface area (Å²) < 4.78 is 0. The third-order valence-electron chi connectivity index (χ3n) is 0. The first-order valence-corrected chi connectivity index (χ1v) is 2.00. The van der Waals surface area contributed by atoms with Crippen LogP contribution in [0.25, 0.3) is 0 Å². The third-order valence-corrected chi connectivity index (χ3v) is 0. The van der Waals surface area contributed by atoms with E-state index in [-0.39, 0.29) is 24.8 Å². The summed E-state index contributed by atoms with van der Waals surface area (Å²) in [6, 6.07) is 0. The van der Waals surface area contributed by atoms with Gasteiger partial charge in [0, 0.05) is 1.43 Å². The molecule has 0 aliphatic carbocycles. The lowest BCUT2D eigenvalue weighted by Crippen LogP contribution is -0.856. The molecule has 0 aliphatic heterocycles. The lowest BCUT2D eigenvalue weighted by Gasteiger charge is -1.07. The Balaban J connectivity index is -0.00000000267. The van der Waals surface area contributed by atoms with Crippen molar-refractivity contribution < 1.29 is 1.43 Å². The molecule has 0 fully saturated rings. The maximum Gasteiger partial charge on any atom is 0 e. The van der Waals surface area contributed by atoms with Crippen molar-refractivity contribution in [1.29, 1.82) is 0 Å². The topological polar surface area (TPSA) is 0 Å². The molecule has 1 atom stereocenters. The van der Waals surface area contributed by atoms with E-state index in [0.29, 0.717) is 0 Å². The Morgan fingerprint density at radius 2 is 0.833 bits per heavy atom. The van der Waals surface area contributed by atoms with Gasteiger partial charge in [-0.25, -0.2) is 0 Å². The first-order chi connectivity index (χ1) is 2.00. The van der Waals surface area contributed by atoms with Crippen LogP contribution in [0.4, 0.5) is 0 Å². The predicted molar refractivity (Wildman–Crippen MR) is 46.3 cm³/mol. The van der Waals surface area contributed by atoms with Gasteiger partial charge < -0.3 is 0 Å². The molecule has 6 heavy (non-hydrogen) atoms. The summed E-state index contributed by atoms with van der Waals surface area (Å²) in [5.74, 6) is 0. The zero-order valence-corrected chi connectivity index (χ0v) is 7.62. The molecule has 0 spiro atoms. The van der Waals surface area contributed by atoms with Crippen molar-refractivity contribution in [3.8, 4) is 0 Å². The molecule has 0 radical (unpaired) electrons. The van der Waals surface area contributed by atoms with Crippen LogP contribution in [0.5, 0.6) is 0 Å². The minimum Gasteiger partial charge on any atom is -0.197 e. The average Bonchev–Trinajstić information content (AvgIpc) is 1.50. The lowest BCUT2D eigenvalue weighted by atomic mass is 11.0. The fourth-order valence-corrected chi connectivity index (χ4v) is 0. The second kappa shape index (κ2) is 217. The highest BCUT2D eigenvalue weighted by atomic mass is 32.1. The first kappa shape index (κ1) is 29.3. The standard InChI is InChI=1S/2C2H6.H3P.H2S.H2/c2*1-2;;;/h2*1-2H3;1H3;1H2;1H/i;;;;1+2.